The summed E-state index contributed by atoms with van der Waals surface area (Å²) >= 11 is 0. The average molecular weight is 384 g/mol. The summed E-state index contributed by atoms with van der Waals surface area (Å²) in [6, 6.07) is 10.6. The number of aliphatic imine (C=N–C) groups is 1. The van der Waals surface area contributed by atoms with Crippen LogP contribution in [0.25, 0.3) is 0 Å². The molecule has 0 radical (unpaired) electrons. The number of nitrogens with zero attached hydrogens (tertiary/aromatic N) is 2. The first-order chi connectivity index (χ1) is 13.1. The van der Waals surface area contributed by atoms with Gasteiger partial charge in [-0.15, -0.1) is 0 Å². The van der Waals surface area contributed by atoms with E-state index in [-0.39, 0.29) is 11.1 Å². The molecule has 0 unspecified atom stereocenters. The first-order valence-corrected chi connectivity index (χ1v) is 8.35. The predicted molar refractivity (Wildman–Crippen MR) is 103 cm³/mol. The smallest absolute Gasteiger partial charge is 0.344 e. The van der Waals surface area contributed by atoms with Crippen molar-refractivity contribution in [2.75, 3.05) is 7.11 Å². The Hall–Kier alpha value is -3.55. The largest absolute Gasteiger partial charge is 0.465 e. The molecule has 0 atom stereocenters. The minimum Gasteiger partial charge on any atom is -0.465 e. The van der Waals surface area contributed by atoms with Gasteiger partial charge in [0.05, 0.1) is 28.8 Å². The number of carbonyl (C=O) groups is 2. The van der Waals surface area contributed by atoms with Crippen LogP contribution in [0.15, 0.2) is 47.5 Å². The minimum absolute atomic E-state index is 0.135. The van der Waals surface area contributed by atoms with Gasteiger partial charge in [0.2, 0.25) is 0 Å². The second kappa shape index (κ2) is 8.43. The van der Waals surface area contributed by atoms with E-state index >= 15 is 0 Å². The van der Waals surface area contributed by atoms with Crippen molar-refractivity contribution in [3.05, 3.63) is 69.3 Å². The van der Waals surface area contributed by atoms with Crippen LogP contribution in [-0.4, -0.2) is 35.8 Å². The highest BCUT2D eigenvalue weighted by molar-refractivity contribution is 5.99. The van der Waals surface area contributed by atoms with Crippen LogP contribution in [0.5, 0.6) is 0 Å². The van der Waals surface area contributed by atoms with Crippen LogP contribution in [0.3, 0.4) is 0 Å². The molecule has 8 nitrogen and oxygen atoms in total. The Bertz CT molecular complexity index is 944. The first-order valence-electron chi connectivity index (χ1n) is 8.35. The fourth-order valence-corrected chi connectivity index (χ4v) is 2.34. The third-order valence-electron chi connectivity index (χ3n) is 3.49. The lowest BCUT2D eigenvalue weighted by molar-refractivity contribution is -0.385. The lowest BCUT2D eigenvalue weighted by Gasteiger charge is -2.19. The number of ether oxygens (including phenoxy) is 2. The Morgan fingerprint density at radius 1 is 1.11 bits per heavy atom. The summed E-state index contributed by atoms with van der Waals surface area (Å²) in [6.07, 6.45) is 1.26. The van der Waals surface area contributed by atoms with Crippen molar-refractivity contribution < 1.29 is 24.0 Å². The third kappa shape index (κ3) is 5.23. The van der Waals surface area contributed by atoms with Crippen molar-refractivity contribution >= 4 is 29.5 Å². The van der Waals surface area contributed by atoms with Crippen LogP contribution < -0.4 is 0 Å². The van der Waals surface area contributed by atoms with E-state index in [2.05, 4.69) is 9.73 Å². The van der Waals surface area contributed by atoms with Crippen molar-refractivity contribution in [1.29, 1.82) is 0 Å². The molecular weight excluding hydrogens is 364 g/mol. The zero-order chi connectivity index (χ0) is 20.9. The van der Waals surface area contributed by atoms with Gasteiger partial charge < -0.3 is 9.47 Å². The molecule has 0 aliphatic rings. The van der Waals surface area contributed by atoms with Gasteiger partial charge in [-0.3, -0.25) is 15.1 Å². The normalized spacial score (nSPS) is 11.3. The van der Waals surface area contributed by atoms with Crippen molar-refractivity contribution in [3.8, 4) is 0 Å². The number of para-hydroxylation sites is 1. The van der Waals surface area contributed by atoms with Gasteiger partial charge >= 0.3 is 11.9 Å². The molecule has 0 bridgehead atoms. The minimum atomic E-state index is -0.811. The van der Waals surface area contributed by atoms with E-state index in [9.17, 15) is 19.7 Å². The first kappa shape index (κ1) is 20.8. The van der Waals surface area contributed by atoms with Gasteiger partial charge in [0, 0.05) is 6.21 Å². The fourth-order valence-electron chi connectivity index (χ4n) is 2.34. The predicted octanol–water partition coefficient (Wildman–Crippen LogP) is 4.09. The van der Waals surface area contributed by atoms with E-state index in [1.807, 2.05) is 0 Å². The highest BCUT2D eigenvalue weighted by atomic mass is 16.6. The summed E-state index contributed by atoms with van der Waals surface area (Å²) in [5.74, 6) is -1.31. The molecule has 0 amide bonds. The average Bonchev–Trinajstić information content (AvgIpc) is 2.64. The van der Waals surface area contributed by atoms with E-state index in [0.717, 1.165) is 7.11 Å². The van der Waals surface area contributed by atoms with E-state index in [0.29, 0.717) is 11.3 Å². The van der Waals surface area contributed by atoms with Gasteiger partial charge in [-0.25, -0.2) is 9.59 Å². The number of hydrogen-bond acceptors (Lipinski definition) is 7. The number of nitro benzene ring substituents is 1. The SMILES string of the molecule is COC(=O)c1cccc(/C=N/c2cccc(C(=O)OC(C)(C)C)c2)c1[N+](=O)[O-]. The molecular formula is C20H20N2O6. The van der Waals surface area contributed by atoms with Crippen LogP contribution >= 0.6 is 0 Å². The molecule has 0 aliphatic carbocycles. The highest BCUT2D eigenvalue weighted by Gasteiger charge is 2.24. The lowest BCUT2D eigenvalue weighted by atomic mass is 10.1. The van der Waals surface area contributed by atoms with Gasteiger partial charge in [-0.1, -0.05) is 12.1 Å². The summed E-state index contributed by atoms with van der Waals surface area (Å²) in [7, 11) is 1.15. The van der Waals surface area contributed by atoms with Crippen molar-refractivity contribution in [2.24, 2.45) is 4.99 Å². The maximum atomic E-state index is 12.2. The Labute approximate surface area is 162 Å². The molecule has 2 aromatic carbocycles. The number of benzene rings is 2. The van der Waals surface area contributed by atoms with Gasteiger partial charge in [-0.05, 0) is 51.1 Å². The molecule has 0 spiro atoms. The van der Waals surface area contributed by atoms with E-state index in [1.54, 1.807) is 39.0 Å². The van der Waals surface area contributed by atoms with E-state index < -0.39 is 28.2 Å². The number of rotatable bonds is 5. The van der Waals surface area contributed by atoms with Crippen LogP contribution in [0.4, 0.5) is 11.4 Å². The summed E-state index contributed by atoms with van der Waals surface area (Å²) in [5.41, 5.74) is -0.356. The van der Waals surface area contributed by atoms with Gasteiger partial charge in [0.25, 0.3) is 5.69 Å². The Balaban J connectivity index is 2.37. The molecule has 0 aliphatic heterocycles. The maximum Gasteiger partial charge on any atom is 0.344 e. The summed E-state index contributed by atoms with van der Waals surface area (Å²) < 4.78 is 9.90. The molecule has 2 rings (SSSR count). The molecule has 0 N–H and O–H groups in total. The zero-order valence-corrected chi connectivity index (χ0v) is 16.0. The quantitative estimate of drug-likeness (QED) is 0.332. The van der Waals surface area contributed by atoms with Gasteiger partial charge in [0.15, 0.2) is 0 Å². The summed E-state index contributed by atoms with van der Waals surface area (Å²) in [5, 5.41) is 11.4. The Morgan fingerprint density at radius 3 is 2.39 bits per heavy atom. The molecule has 28 heavy (non-hydrogen) atoms. The van der Waals surface area contributed by atoms with Crippen LogP contribution in [0.1, 0.15) is 47.1 Å². The summed E-state index contributed by atoms with van der Waals surface area (Å²) in [6.45, 7) is 5.29. The number of hydrogen-bond donors (Lipinski definition) is 0. The monoisotopic (exact) mass is 384 g/mol. The third-order valence-corrected chi connectivity index (χ3v) is 3.49. The molecule has 0 saturated heterocycles. The lowest BCUT2D eigenvalue weighted by Crippen LogP contribution is -2.23. The Morgan fingerprint density at radius 2 is 1.79 bits per heavy atom. The molecule has 0 saturated carbocycles. The molecule has 2 aromatic rings. The topological polar surface area (TPSA) is 108 Å². The summed E-state index contributed by atoms with van der Waals surface area (Å²) in [4.78, 5) is 38.9. The standard InChI is InChI=1S/C20H20N2O6/c1-20(2,3)28-18(23)13-7-5-9-15(11-13)21-12-14-8-6-10-16(19(24)27-4)17(14)22(25)26/h5-12H,1-4H3/b21-12+. The number of carbonyl (C=O) groups excluding carboxylic acids is 2. The van der Waals surface area contributed by atoms with Crippen molar-refractivity contribution in [3.63, 3.8) is 0 Å². The highest BCUT2D eigenvalue weighted by Crippen LogP contribution is 2.24. The fraction of sp³-hybridized carbons (Fsp3) is 0.250. The molecule has 146 valence electrons. The Kier molecular flexibility index (Phi) is 6.25. The van der Waals surface area contributed by atoms with Crippen LogP contribution in [0, 0.1) is 10.1 Å². The number of esters is 2. The molecule has 8 heteroatoms. The van der Waals surface area contributed by atoms with Gasteiger partial charge in [0.1, 0.15) is 11.2 Å². The molecule has 0 fully saturated rings. The molecule has 0 heterocycles. The van der Waals surface area contributed by atoms with Crippen molar-refractivity contribution in [1.82, 2.24) is 0 Å². The van der Waals surface area contributed by atoms with Crippen LogP contribution in [0.2, 0.25) is 0 Å². The number of methoxy groups -OCH3 is 1. The van der Waals surface area contributed by atoms with Crippen molar-refractivity contribution in [2.45, 2.75) is 26.4 Å². The van der Waals surface area contributed by atoms with E-state index in [1.165, 1.54) is 30.5 Å². The second-order valence-corrected chi connectivity index (χ2v) is 6.80. The van der Waals surface area contributed by atoms with Gasteiger partial charge in [-0.2, -0.15) is 0 Å². The second-order valence-electron chi connectivity index (χ2n) is 6.80. The maximum absolute atomic E-state index is 12.2. The molecule has 0 aromatic heterocycles. The zero-order valence-electron chi connectivity index (χ0n) is 16.0. The van der Waals surface area contributed by atoms with E-state index in [4.69, 9.17) is 4.74 Å². The van der Waals surface area contributed by atoms with Crippen LogP contribution in [-0.2, 0) is 9.47 Å². The number of nitro groups is 1.